The fourth-order valence-electron chi connectivity index (χ4n) is 2.75. The second-order valence-corrected chi connectivity index (χ2v) is 6.79. The first kappa shape index (κ1) is 17.3. The summed E-state index contributed by atoms with van der Waals surface area (Å²) < 4.78 is 5.73. The molecule has 1 aliphatic rings. The van der Waals surface area contributed by atoms with Crippen LogP contribution in [0.1, 0.15) is 43.4 Å². The number of rotatable bonds is 6. The molecule has 22 heavy (non-hydrogen) atoms. The van der Waals surface area contributed by atoms with Crippen molar-refractivity contribution in [2.75, 3.05) is 26.2 Å². The van der Waals surface area contributed by atoms with Gasteiger partial charge in [0.2, 0.25) is 0 Å². The number of hydrogen-bond donors (Lipinski definition) is 1. The third kappa shape index (κ3) is 4.99. The van der Waals surface area contributed by atoms with E-state index < -0.39 is 0 Å². The largest absolute Gasteiger partial charge is 0.378 e. The van der Waals surface area contributed by atoms with Crippen molar-refractivity contribution in [3.8, 4) is 0 Å². The van der Waals surface area contributed by atoms with Gasteiger partial charge in [-0.15, -0.1) is 11.3 Å². The number of hydrogen-bond acceptors (Lipinski definition) is 3. The molecule has 0 amide bonds. The van der Waals surface area contributed by atoms with Gasteiger partial charge >= 0.3 is 0 Å². The van der Waals surface area contributed by atoms with Crippen molar-refractivity contribution in [2.24, 2.45) is 4.99 Å². The summed E-state index contributed by atoms with van der Waals surface area (Å²) in [5, 5.41) is 3.43. The summed E-state index contributed by atoms with van der Waals surface area (Å²) in [6.07, 6.45) is 3.72. The molecule has 0 saturated carbocycles. The molecule has 5 heteroatoms. The van der Waals surface area contributed by atoms with Crippen molar-refractivity contribution >= 4 is 17.3 Å². The van der Waals surface area contributed by atoms with Crippen molar-refractivity contribution in [3.63, 3.8) is 0 Å². The van der Waals surface area contributed by atoms with Gasteiger partial charge < -0.3 is 15.0 Å². The summed E-state index contributed by atoms with van der Waals surface area (Å²) in [6, 6.07) is 4.42. The number of aliphatic imine (C=N–C) groups is 1. The zero-order chi connectivity index (χ0) is 15.8. The van der Waals surface area contributed by atoms with Crippen molar-refractivity contribution in [3.05, 3.63) is 21.9 Å². The maximum absolute atomic E-state index is 5.73. The average Bonchev–Trinajstić information content (AvgIpc) is 3.01. The van der Waals surface area contributed by atoms with Gasteiger partial charge in [-0.25, -0.2) is 4.99 Å². The van der Waals surface area contributed by atoms with Crippen LogP contribution in [0.25, 0.3) is 0 Å². The molecule has 1 aliphatic heterocycles. The number of likely N-dealkylation sites (tertiary alicyclic amines) is 1. The van der Waals surface area contributed by atoms with Gasteiger partial charge in [-0.1, -0.05) is 6.92 Å². The van der Waals surface area contributed by atoms with Crippen molar-refractivity contribution in [2.45, 2.75) is 52.7 Å². The number of aryl methyl sites for hydroxylation is 1. The second-order valence-electron chi connectivity index (χ2n) is 5.53. The zero-order valence-electron chi connectivity index (χ0n) is 14.1. The molecule has 1 fully saturated rings. The van der Waals surface area contributed by atoms with Crippen LogP contribution in [-0.2, 0) is 17.7 Å². The quantitative estimate of drug-likeness (QED) is 0.645. The first-order chi connectivity index (χ1) is 10.8. The number of thiophene rings is 1. The molecular formula is C17H29N3OS. The van der Waals surface area contributed by atoms with Gasteiger partial charge in [0.15, 0.2) is 5.96 Å². The van der Waals surface area contributed by atoms with Crippen LogP contribution in [-0.4, -0.2) is 43.2 Å². The van der Waals surface area contributed by atoms with E-state index in [4.69, 9.17) is 9.73 Å². The maximum atomic E-state index is 5.73. The topological polar surface area (TPSA) is 36.9 Å². The van der Waals surface area contributed by atoms with E-state index in [1.165, 1.54) is 9.75 Å². The molecule has 1 aromatic heterocycles. The molecule has 0 unspecified atom stereocenters. The van der Waals surface area contributed by atoms with Gasteiger partial charge in [-0.3, -0.25) is 0 Å². The van der Waals surface area contributed by atoms with E-state index in [1.54, 1.807) is 0 Å². The highest BCUT2D eigenvalue weighted by atomic mass is 32.1. The monoisotopic (exact) mass is 323 g/mol. The molecule has 1 saturated heterocycles. The lowest BCUT2D eigenvalue weighted by molar-refractivity contribution is 0.0263. The Kier molecular flexibility index (Phi) is 7.19. The third-order valence-corrected chi connectivity index (χ3v) is 5.14. The minimum Gasteiger partial charge on any atom is -0.378 e. The van der Waals surface area contributed by atoms with E-state index in [1.807, 2.05) is 11.3 Å². The van der Waals surface area contributed by atoms with E-state index >= 15 is 0 Å². The molecule has 1 N–H and O–H groups in total. The van der Waals surface area contributed by atoms with E-state index in [2.05, 4.69) is 43.1 Å². The summed E-state index contributed by atoms with van der Waals surface area (Å²) >= 11 is 1.87. The number of ether oxygens (including phenoxy) is 1. The van der Waals surface area contributed by atoms with E-state index in [9.17, 15) is 0 Å². The van der Waals surface area contributed by atoms with Crippen molar-refractivity contribution in [1.82, 2.24) is 10.2 Å². The predicted octanol–water partition coefficient (Wildman–Crippen LogP) is 3.28. The normalized spacial score (nSPS) is 17.0. The zero-order valence-corrected chi connectivity index (χ0v) is 14.9. The highest BCUT2D eigenvalue weighted by Gasteiger charge is 2.21. The maximum Gasteiger partial charge on any atom is 0.194 e. The van der Waals surface area contributed by atoms with Gasteiger partial charge in [0.25, 0.3) is 0 Å². The molecule has 0 atom stereocenters. The molecule has 0 aromatic carbocycles. The standard InChI is InChI=1S/C17H29N3OS/c1-4-15-7-8-16(22-15)13-19-17(18-5-2)20-11-9-14(10-12-20)21-6-3/h7-8,14H,4-6,9-13H2,1-3H3,(H,18,19). The van der Waals surface area contributed by atoms with Crippen LogP contribution in [0.15, 0.2) is 17.1 Å². The number of nitrogens with zero attached hydrogens (tertiary/aromatic N) is 2. The van der Waals surface area contributed by atoms with Crippen molar-refractivity contribution < 1.29 is 4.74 Å². The number of piperidine rings is 1. The van der Waals surface area contributed by atoms with E-state index in [0.29, 0.717) is 6.10 Å². The van der Waals surface area contributed by atoms with Crippen LogP contribution in [0.4, 0.5) is 0 Å². The summed E-state index contributed by atoms with van der Waals surface area (Å²) in [7, 11) is 0. The first-order valence-corrected chi connectivity index (χ1v) is 9.30. The molecule has 4 nitrogen and oxygen atoms in total. The number of guanidine groups is 1. The Morgan fingerprint density at radius 2 is 2.00 bits per heavy atom. The molecular weight excluding hydrogens is 294 g/mol. The predicted molar refractivity (Wildman–Crippen MR) is 94.7 cm³/mol. The number of nitrogens with one attached hydrogen (secondary N) is 1. The van der Waals surface area contributed by atoms with Crippen LogP contribution in [0.2, 0.25) is 0 Å². The second kappa shape index (κ2) is 9.16. The van der Waals surface area contributed by atoms with E-state index in [-0.39, 0.29) is 0 Å². The minimum atomic E-state index is 0.425. The molecule has 2 rings (SSSR count). The van der Waals surface area contributed by atoms with E-state index in [0.717, 1.165) is 58.0 Å². The van der Waals surface area contributed by atoms with Gasteiger partial charge in [-0.2, -0.15) is 0 Å². The molecule has 124 valence electrons. The summed E-state index contributed by atoms with van der Waals surface area (Å²) in [5.41, 5.74) is 0. The van der Waals surface area contributed by atoms with Gasteiger partial charge in [-0.05, 0) is 45.2 Å². The van der Waals surface area contributed by atoms with Crippen molar-refractivity contribution in [1.29, 1.82) is 0 Å². The lowest BCUT2D eigenvalue weighted by Gasteiger charge is -2.34. The highest BCUT2D eigenvalue weighted by Crippen LogP contribution is 2.18. The molecule has 2 heterocycles. The van der Waals surface area contributed by atoms with Crippen LogP contribution < -0.4 is 5.32 Å². The molecule has 0 spiro atoms. The van der Waals surface area contributed by atoms with Crippen LogP contribution in [0.3, 0.4) is 0 Å². The lowest BCUT2D eigenvalue weighted by atomic mass is 10.1. The molecule has 0 aliphatic carbocycles. The van der Waals surface area contributed by atoms with Crippen LogP contribution in [0, 0.1) is 0 Å². The third-order valence-electron chi connectivity index (χ3n) is 3.93. The fraction of sp³-hybridized carbons (Fsp3) is 0.706. The molecule has 1 aromatic rings. The summed E-state index contributed by atoms with van der Waals surface area (Å²) in [6.45, 7) is 11.0. The Bertz CT molecular complexity index is 464. The Hall–Kier alpha value is -1.07. The highest BCUT2D eigenvalue weighted by molar-refractivity contribution is 7.11. The Morgan fingerprint density at radius 1 is 1.27 bits per heavy atom. The molecule has 0 radical (unpaired) electrons. The van der Waals surface area contributed by atoms with Gasteiger partial charge in [0, 0.05) is 36.0 Å². The summed E-state index contributed by atoms with van der Waals surface area (Å²) in [5.74, 6) is 1.05. The summed E-state index contributed by atoms with van der Waals surface area (Å²) in [4.78, 5) is 9.98. The first-order valence-electron chi connectivity index (χ1n) is 8.49. The minimum absolute atomic E-state index is 0.425. The van der Waals surface area contributed by atoms with Gasteiger partial charge in [0.1, 0.15) is 0 Å². The average molecular weight is 324 g/mol. The lowest BCUT2D eigenvalue weighted by Crippen LogP contribution is -2.47. The van der Waals surface area contributed by atoms with Crippen LogP contribution >= 0.6 is 11.3 Å². The smallest absolute Gasteiger partial charge is 0.194 e. The van der Waals surface area contributed by atoms with Gasteiger partial charge in [0.05, 0.1) is 12.6 Å². The molecule has 0 bridgehead atoms. The Balaban J connectivity index is 1.92. The van der Waals surface area contributed by atoms with Crippen LogP contribution in [0.5, 0.6) is 0 Å². The Labute approximate surface area is 138 Å². The SMILES string of the molecule is CCNC(=NCc1ccc(CC)s1)N1CCC(OCC)CC1. The Morgan fingerprint density at radius 3 is 2.59 bits per heavy atom. The fourth-order valence-corrected chi connectivity index (χ4v) is 3.63.